The first-order valence-corrected chi connectivity index (χ1v) is 5.48. The molecule has 0 spiro atoms. The maximum atomic E-state index is 5.45. The fourth-order valence-corrected chi connectivity index (χ4v) is 2.59. The molecule has 1 aromatic rings. The van der Waals surface area contributed by atoms with Crippen LogP contribution in [0.4, 0.5) is 0 Å². The van der Waals surface area contributed by atoms with Crippen molar-refractivity contribution in [1.82, 2.24) is 0 Å². The van der Waals surface area contributed by atoms with Crippen LogP contribution < -0.4 is 4.74 Å². The summed E-state index contributed by atoms with van der Waals surface area (Å²) < 4.78 is 7.81. The van der Waals surface area contributed by atoms with Crippen LogP contribution in [0.25, 0.3) is 0 Å². The molecule has 0 unspecified atom stereocenters. The summed E-state index contributed by atoms with van der Waals surface area (Å²) >= 11 is 4.56. The molecular weight excluding hydrogens is 366 g/mol. The van der Waals surface area contributed by atoms with Gasteiger partial charge in [0.15, 0.2) is 0 Å². The molecule has 1 nitrogen and oxygen atoms in total. The molecule has 0 saturated carbocycles. The summed E-state index contributed by atoms with van der Waals surface area (Å²) in [5.41, 5.74) is 0. The highest BCUT2D eigenvalue weighted by Gasteiger charge is 2.02. The molecule has 0 atom stereocenters. The predicted octanol–water partition coefficient (Wildman–Crippen LogP) is 3.29. The number of hydrogen-bond donors (Lipinski definition) is 0. The van der Waals surface area contributed by atoms with E-state index in [2.05, 4.69) is 45.2 Å². The highest BCUT2D eigenvalue weighted by Crippen LogP contribution is 2.26. The summed E-state index contributed by atoms with van der Waals surface area (Å²) in [5.74, 6) is 1.01. The van der Waals surface area contributed by atoms with Gasteiger partial charge in [-0.15, -0.1) is 0 Å². The van der Waals surface area contributed by atoms with Crippen LogP contribution in [0.15, 0.2) is 18.2 Å². The van der Waals surface area contributed by atoms with Crippen LogP contribution in [0.1, 0.15) is 6.92 Å². The molecule has 0 saturated heterocycles. The standard InChI is InChI=1S/C8H8I2O/c1-2-11-8-6(9)4-3-5-7(8)10/h3-5H,2H2,1H3. The van der Waals surface area contributed by atoms with E-state index in [0.29, 0.717) is 0 Å². The molecule has 0 fully saturated rings. The zero-order chi connectivity index (χ0) is 8.27. The van der Waals surface area contributed by atoms with Crippen molar-refractivity contribution < 1.29 is 4.74 Å². The molecule has 0 bridgehead atoms. The minimum Gasteiger partial charge on any atom is -0.492 e. The molecule has 1 aromatic carbocycles. The third kappa shape index (κ3) is 2.47. The van der Waals surface area contributed by atoms with Crippen molar-refractivity contribution in [2.75, 3.05) is 6.61 Å². The van der Waals surface area contributed by atoms with E-state index in [-0.39, 0.29) is 0 Å². The van der Waals surface area contributed by atoms with Gasteiger partial charge in [-0.2, -0.15) is 0 Å². The second kappa shape index (κ2) is 4.49. The van der Waals surface area contributed by atoms with Gasteiger partial charge in [0.2, 0.25) is 0 Å². The van der Waals surface area contributed by atoms with Crippen LogP contribution >= 0.6 is 45.2 Å². The van der Waals surface area contributed by atoms with Gasteiger partial charge in [0.25, 0.3) is 0 Å². The zero-order valence-electron chi connectivity index (χ0n) is 6.10. The largest absolute Gasteiger partial charge is 0.492 e. The van der Waals surface area contributed by atoms with Gasteiger partial charge >= 0.3 is 0 Å². The number of rotatable bonds is 2. The first-order chi connectivity index (χ1) is 5.25. The van der Waals surface area contributed by atoms with E-state index >= 15 is 0 Å². The number of para-hydroxylation sites is 1. The molecule has 3 heteroatoms. The zero-order valence-corrected chi connectivity index (χ0v) is 10.4. The molecule has 0 heterocycles. The Hall–Kier alpha value is 0.480. The minimum absolute atomic E-state index is 0.732. The van der Waals surface area contributed by atoms with Crippen LogP contribution in [0.3, 0.4) is 0 Å². The van der Waals surface area contributed by atoms with Gasteiger partial charge in [-0.3, -0.25) is 0 Å². The lowest BCUT2D eigenvalue weighted by Crippen LogP contribution is -1.95. The van der Waals surface area contributed by atoms with Crippen molar-refractivity contribution in [2.24, 2.45) is 0 Å². The molecular formula is C8H8I2O. The third-order valence-electron chi connectivity index (χ3n) is 1.21. The van der Waals surface area contributed by atoms with Crippen LogP contribution in [-0.2, 0) is 0 Å². The molecule has 0 aliphatic heterocycles. The summed E-state index contributed by atoms with van der Waals surface area (Å²) in [5, 5.41) is 0. The second-order valence-electron chi connectivity index (χ2n) is 1.98. The molecule has 60 valence electrons. The monoisotopic (exact) mass is 374 g/mol. The lowest BCUT2D eigenvalue weighted by molar-refractivity contribution is 0.335. The highest BCUT2D eigenvalue weighted by atomic mass is 127. The summed E-state index contributed by atoms with van der Waals surface area (Å²) in [6, 6.07) is 6.13. The molecule has 0 aliphatic rings. The Morgan fingerprint density at radius 2 is 1.82 bits per heavy atom. The Morgan fingerprint density at radius 3 is 2.27 bits per heavy atom. The van der Waals surface area contributed by atoms with E-state index < -0.39 is 0 Å². The van der Waals surface area contributed by atoms with Crippen LogP contribution in [0, 0.1) is 7.14 Å². The highest BCUT2D eigenvalue weighted by molar-refractivity contribution is 14.1. The van der Waals surface area contributed by atoms with E-state index in [9.17, 15) is 0 Å². The quantitative estimate of drug-likeness (QED) is 0.723. The lowest BCUT2D eigenvalue weighted by atomic mass is 10.3. The van der Waals surface area contributed by atoms with Gasteiger partial charge in [-0.25, -0.2) is 0 Å². The van der Waals surface area contributed by atoms with E-state index in [1.807, 2.05) is 25.1 Å². The van der Waals surface area contributed by atoms with Crippen LogP contribution in [-0.4, -0.2) is 6.61 Å². The number of hydrogen-bond acceptors (Lipinski definition) is 1. The van der Waals surface area contributed by atoms with E-state index in [1.54, 1.807) is 0 Å². The Bertz CT molecular complexity index is 228. The Kier molecular flexibility index (Phi) is 3.91. The Balaban J connectivity index is 3.00. The van der Waals surface area contributed by atoms with Crippen molar-refractivity contribution in [1.29, 1.82) is 0 Å². The van der Waals surface area contributed by atoms with Crippen molar-refractivity contribution in [3.05, 3.63) is 25.3 Å². The van der Waals surface area contributed by atoms with Gasteiger partial charge in [0, 0.05) is 0 Å². The summed E-state index contributed by atoms with van der Waals surface area (Å²) in [6.45, 7) is 2.73. The molecule has 0 aromatic heterocycles. The molecule has 0 aliphatic carbocycles. The van der Waals surface area contributed by atoms with Crippen molar-refractivity contribution >= 4 is 45.2 Å². The average molecular weight is 374 g/mol. The third-order valence-corrected chi connectivity index (χ3v) is 2.91. The number of halogens is 2. The molecule has 1 rings (SSSR count). The fraction of sp³-hybridized carbons (Fsp3) is 0.250. The summed E-state index contributed by atoms with van der Waals surface area (Å²) in [4.78, 5) is 0. The van der Waals surface area contributed by atoms with Crippen LogP contribution in [0.5, 0.6) is 5.75 Å². The Labute approximate surface area is 93.8 Å². The normalized spacial score (nSPS) is 9.73. The number of ether oxygens (including phenoxy) is 1. The van der Waals surface area contributed by atoms with Gasteiger partial charge < -0.3 is 4.74 Å². The second-order valence-corrected chi connectivity index (χ2v) is 4.31. The van der Waals surface area contributed by atoms with Crippen molar-refractivity contribution in [3.63, 3.8) is 0 Å². The summed E-state index contributed by atoms with van der Waals surface area (Å²) in [7, 11) is 0. The topological polar surface area (TPSA) is 9.23 Å². The average Bonchev–Trinajstić information content (AvgIpc) is 1.97. The first-order valence-electron chi connectivity index (χ1n) is 3.32. The predicted molar refractivity (Wildman–Crippen MR) is 63.0 cm³/mol. The van der Waals surface area contributed by atoms with Gasteiger partial charge in [-0.05, 0) is 64.2 Å². The number of benzene rings is 1. The summed E-state index contributed by atoms with van der Waals surface area (Å²) in [6.07, 6.45) is 0. The van der Waals surface area contributed by atoms with Crippen molar-refractivity contribution in [3.8, 4) is 5.75 Å². The fourth-order valence-electron chi connectivity index (χ4n) is 0.765. The van der Waals surface area contributed by atoms with Gasteiger partial charge in [-0.1, -0.05) is 6.07 Å². The molecule has 0 radical (unpaired) electrons. The first kappa shape index (κ1) is 9.57. The molecule has 11 heavy (non-hydrogen) atoms. The Morgan fingerprint density at radius 1 is 1.27 bits per heavy atom. The van der Waals surface area contributed by atoms with Gasteiger partial charge in [0.05, 0.1) is 13.7 Å². The van der Waals surface area contributed by atoms with E-state index in [1.165, 1.54) is 7.14 Å². The van der Waals surface area contributed by atoms with E-state index in [0.717, 1.165) is 12.4 Å². The van der Waals surface area contributed by atoms with Gasteiger partial charge in [0.1, 0.15) is 5.75 Å². The maximum Gasteiger partial charge on any atom is 0.145 e. The molecule has 0 N–H and O–H groups in total. The minimum atomic E-state index is 0.732. The molecule has 0 amide bonds. The van der Waals surface area contributed by atoms with Crippen molar-refractivity contribution in [2.45, 2.75) is 6.92 Å². The maximum absolute atomic E-state index is 5.45. The van der Waals surface area contributed by atoms with Crippen LogP contribution in [0.2, 0.25) is 0 Å². The smallest absolute Gasteiger partial charge is 0.145 e. The lowest BCUT2D eigenvalue weighted by Gasteiger charge is -2.06. The SMILES string of the molecule is CCOc1c(I)cccc1I. The van der Waals surface area contributed by atoms with E-state index in [4.69, 9.17) is 4.74 Å².